The Hall–Kier alpha value is -1.10. The van der Waals surface area contributed by atoms with E-state index in [1.54, 1.807) is 13.8 Å². The second-order valence-corrected chi connectivity index (χ2v) is 2.75. The standard InChI is InChI=1S/C9H17NO4/c1-4-14-9(12)7(2)10-6-5-8(11)13-3/h7,10H,4-6H2,1-3H3. The summed E-state index contributed by atoms with van der Waals surface area (Å²) in [6.45, 7) is 4.21. The largest absolute Gasteiger partial charge is 0.469 e. The first-order chi connectivity index (χ1) is 6.61. The third-order valence-corrected chi connectivity index (χ3v) is 1.65. The molecule has 0 heterocycles. The number of carbonyl (C=O) groups is 2. The molecule has 0 amide bonds. The molecule has 1 N–H and O–H groups in total. The average Bonchev–Trinajstić information content (AvgIpc) is 2.17. The molecule has 1 unspecified atom stereocenters. The van der Waals surface area contributed by atoms with Gasteiger partial charge in [0.05, 0.1) is 20.1 Å². The molecule has 0 aliphatic carbocycles. The van der Waals surface area contributed by atoms with Gasteiger partial charge in [0.2, 0.25) is 0 Å². The van der Waals surface area contributed by atoms with E-state index in [0.717, 1.165) is 0 Å². The highest BCUT2D eigenvalue weighted by atomic mass is 16.5. The Labute approximate surface area is 83.8 Å². The van der Waals surface area contributed by atoms with Gasteiger partial charge in [-0.2, -0.15) is 0 Å². The minimum atomic E-state index is -0.389. The first-order valence-corrected chi connectivity index (χ1v) is 4.58. The van der Waals surface area contributed by atoms with Gasteiger partial charge in [-0.1, -0.05) is 0 Å². The molecule has 0 rings (SSSR count). The highest BCUT2D eigenvalue weighted by Gasteiger charge is 2.12. The summed E-state index contributed by atoms with van der Waals surface area (Å²) in [5.41, 5.74) is 0. The third-order valence-electron chi connectivity index (χ3n) is 1.65. The van der Waals surface area contributed by atoms with Crippen molar-refractivity contribution in [2.24, 2.45) is 0 Å². The van der Waals surface area contributed by atoms with Gasteiger partial charge in [-0.3, -0.25) is 9.59 Å². The van der Waals surface area contributed by atoms with E-state index < -0.39 is 0 Å². The van der Waals surface area contributed by atoms with Crippen molar-refractivity contribution in [1.29, 1.82) is 0 Å². The normalized spacial score (nSPS) is 11.9. The van der Waals surface area contributed by atoms with Crippen molar-refractivity contribution in [3.05, 3.63) is 0 Å². The molecule has 0 aromatic heterocycles. The zero-order valence-electron chi connectivity index (χ0n) is 8.83. The highest BCUT2D eigenvalue weighted by Crippen LogP contribution is 1.89. The molecule has 0 fully saturated rings. The zero-order chi connectivity index (χ0) is 11.0. The molecule has 0 aromatic rings. The number of rotatable bonds is 6. The molecule has 14 heavy (non-hydrogen) atoms. The summed E-state index contributed by atoms with van der Waals surface area (Å²) < 4.78 is 9.21. The lowest BCUT2D eigenvalue weighted by Crippen LogP contribution is -2.36. The van der Waals surface area contributed by atoms with Gasteiger partial charge < -0.3 is 14.8 Å². The van der Waals surface area contributed by atoms with Crippen LogP contribution in [-0.4, -0.2) is 38.2 Å². The molecular weight excluding hydrogens is 186 g/mol. The van der Waals surface area contributed by atoms with Gasteiger partial charge in [0, 0.05) is 6.54 Å². The molecule has 0 saturated heterocycles. The molecule has 0 bridgehead atoms. The molecule has 5 heteroatoms. The first-order valence-electron chi connectivity index (χ1n) is 4.58. The van der Waals surface area contributed by atoms with Gasteiger partial charge in [-0.05, 0) is 13.8 Å². The molecule has 0 radical (unpaired) electrons. The number of carbonyl (C=O) groups excluding carboxylic acids is 2. The fourth-order valence-electron chi connectivity index (χ4n) is 0.843. The van der Waals surface area contributed by atoms with E-state index in [9.17, 15) is 9.59 Å². The number of hydrogen-bond acceptors (Lipinski definition) is 5. The van der Waals surface area contributed by atoms with E-state index in [1.165, 1.54) is 7.11 Å². The molecular formula is C9H17NO4. The predicted molar refractivity (Wildman–Crippen MR) is 50.7 cm³/mol. The summed E-state index contributed by atoms with van der Waals surface area (Å²) in [6, 6.07) is -0.389. The Kier molecular flexibility index (Phi) is 6.74. The predicted octanol–water partition coefficient (Wildman–Crippen LogP) is 0.0907. The smallest absolute Gasteiger partial charge is 0.322 e. The van der Waals surface area contributed by atoms with Gasteiger partial charge in [0.1, 0.15) is 6.04 Å². The first kappa shape index (κ1) is 12.9. The summed E-state index contributed by atoms with van der Waals surface area (Å²) in [5, 5.41) is 2.86. The molecule has 1 atom stereocenters. The Morgan fingerprint density at radius 3 is 2.57 bits per heavy atom. The van der Waals surface area contributed by atoms with E-state index in [4.69, 9.17) is 4.74 Å². The van der Waals surface area contributed by atoms with Gasteiger partial charge in [-0.15, -0.1) is 0 Å². The summed E-state index contributed by atoms with van der Waals surface area (Å²) in [4.78, 5) is 21.8. The van der Waals surface area contributed by atoms with Crippen LogP contribution in [0.25, 0.3) is 0 Å². The van der Waals surface area contributed by atoms with Crippen molar-refractivity contribution < 1.29 is 19.1 Å². The lowest BCUT2D eigenvalue weighted by Gasteiger charge is -2.11. The Balaban J connectivity index is 3.58. The maximum Gasteiger partial charge on any atom is 0.322 e. The van der Waals surface area contributed by atoms with Crippen molar-refractivity contribution in [2.45, 2.75) is 26.3 Å². The summed E-state index contributed by atoms with van der Waals surface area (Å²) in [6.07, 6.45) is 0.250. The molecule has 0 spiro atoms. The van der Waals surface area contributed by atoms with Crippen LogP contribution < -0.4 is 5.32 Å². The molecule has 0 aliphatic heterocycles. The maximum absolute atomic E-state index is 11.1. The van der Waals surface area contributed by atoms with Gasteiger partial charge in [0.25, 0.3) is 0 Å². The monoisotopic (exact) mass is 203 g/mol. The molecule has 0 aliphatic rings. The molecule has 0 aromatic carbocycles. The summed E-state index contributed by atoms with van der Waals surface area (Å²) >= 11 is 0. The van der Waals surface area contributed by atoms with Crippen LogP contribution in [0.4, 0.5) is 0 Å². The van der Waals surface area contributed by atoms with E-state index in [0.29, 0.717) is 13.2 Å². The topological polar surface area (TPSA) is 64.6 Å². The minimum absolute atomic E-state index is 0.250. The van der Waals surface area contributed by atoms with Crippen molar-refractivity contribution in [2.75, 3.05) is 20.3 Å². The SMILES string of the molecule is CCOC(=O)C(C)NCCC(=O)OC. The third kappa shape index (κ3) is 5.53. The summed E-state index contributed by atoms with van der Waals surface area (Å²) in [7, 11) is 1.33. The van der Waals surface area contributed by atoms with Crippen molar-refractivity contribution in [3.63, 3.8) is 0 Å². The van der Waals surface area contributed by atoms with Crippen LogP contribution in [-0.2, 0) is 19.1 Å². The Bertz CT molecular complexity index is 193. The van der Waals surface area contributed by atoms with E-state index >= 15 is 0 Å². The second-order valence-electron chi connectivity index (χ2n) is 2.75. The fraction of sp³-hybridized carbons (Fsp3) is 0.778. The number of esters is 2. The molecule has 82 valence electrons. The Morgan fingerprint density at radius 1 is 1.43 bits per heavy atom. The summed E-state index contributed by atoms with van der Waals surface area (Å²) in [5.74, 6) is -0.606. The number of ether oxygens (including phenoxy) is 2. The van der Waals surface area contributed by atoms with Gasteiger partial charge in [0.15, 0.2) is 0 Å². The van der Waals surface area contributed by atoms with E-state index in [2.05, 4.69) is 10.1 Å². The van der Waals surface area contributed by atoms with Crippen molar-refractivity contribution in [1.82, 2.24) is 5.32 Å². The molecule has 0 saturated carbocycles. The van der Waals surface area contributed by atoms with Crippen LogP contribution in [0, 0.1) is 0 Å². The second kappa shape index (κ2) is 7.32. The number of nitrogens with one attached hydrogen (secondary N) is 1. The maximum atomic E-state index is 11.1. The van der Waals surface area contributed by atoms with Crippen LogP contribution in [0.5, 0.6) is 0 Å². The van der Waals surface area contributed by atoms with Crippen LogP contribution >= 0.6 is 0 Å². The van der Waals surface area contributed by atoms with Gasteiger partial charge in [-0.25, -0.2) is 0 Å². The number of hydrogen-bond donors (Lipinski definition) is 1. The fourth-order valence-corrected chi connectivity index (χ4v) is 0.843. The van der Waals surface area contributed by atoms with Crippen LogP contribution in [0.15, 0.2) is 0 Å². The lowest BCUT2D eigenvalue weighted by atomic mass is 10.3. The van der Waals surface area contributed by atoms with E-state index in [1.807, 2.05) is 0 Å². The quantitative estimate of drug-likeness (QED) is 0.620. The van der Waals surface area contributed by atoms with Crippen LogP contribution in [0.3, 0.4) is 0 Å². The molecule has 5 nitrogen and oxygen atoms in total. The van der Waals surface area contributed by atoms with Crippen molar-refractivity contribution in [3.8, 4) is 0 Å². The van der Waals surface area contributed by atoms with Crippen LogP contribution in [0.2, 0.25) is 0 Å². The van der Waals surface area contributed by atoms with Crippen molar-refractivity contribution >= 4 is 11.9 Å². The average molecular weight is 203 g/mol. The van der Waals surface area contributed by atoms with Crippen LogP contribution in [0.1, 0.15) is 20.3 Å². The lowest BCUT2D eigenvalue weighted by molar-refractivity contribution is -0.146. The highest BCUT2D eigenvalue weighted by molar-refractivity contribution is 5.75. The Morgan fingerprint density at radius 2 is 2.07 bits per heavy atom. The van der Waals surface area contributed by atoms with Gasteiger partial charge >= 0.3 is 11.9 Å². The zero-order valence-corrected chi connectivity index (χ0v) is 8.83. The van der Waals surface area contributed by atoms with E-state index in [-0.39, 0.29) is 24.4 Å². The number of methoxy groups -OCH3 is 1. The minimum Gasteiger partial charge on any atom is -0.469 e.